The summed E-state index contributed by atoms with van der Waals surface area (Å²) in [4.78, 5) is 5.06. The Hall–Kier alpha value is -3.64. The fourth-order valence-electron chi connectivity index (χ4n) is 2.82. The number of aromatic nitrogens is 3. The van der Waals surface area contributed by atoms with Crippen molar-refractivity contribution in [1.29, 1.82) is 5.26 Å². The van der Waals surface area contributed by atoms with Gasteiger partial charge in [0, 0.05) is 24.4 Å². The van der Waals surface area contributed by atoms with Gasteiger partial charge in [-0.2, -0.15) is 15.5 Å². The maximum Gasteiger partial charge on any atom is 0.149 e. The number of hydrogen-bond acceptors (Lipinski definition) is 8. The summed E-state index contributed by atoms with van der Waals surface area (Å²) in [6.45, 7) is 0.114. The maximum absolute atomic E-state index is 9.97. The van der Waals surface area contributed by atoms with Gasteiger partial charge in [0.1, 0.15) is 22.6 Å². The third-order valence-electron chi connectivity index (χ3n) is 4.34. The van der Waals surface area contributed by atoms with Crippen molar-refractivity contribution in [3.63, 3.8) is 0 Å². The summed E-state index contributed by atoms with van der Waals surface area (Å²) >= 11 is 1.32. The predicted molar refractivity (Wildman–Crippen MR) is 114 cm³/mol. The first-order valence-corrected chi connectivity index (χ1v) is 9.94. The highest BCUT2D eigenvalue weighted by atomic mass is 32.1. The van der Waals surface area contributed by atoms with Crippen LogP contribution in [-0.4, -0.2) is 26.8 Å². The zero-order chi connectivity index (χ0) is 20.9. The van der Waals surface area contributed by atoms with Crippen LogP contribution in [0.3, 0.4) is 0 Å². The van der Waals surface area contributed by atoms with Gasteiger partial charge in [0.25, 0.3) is 0 Å². The molecule has 0 saturated heterocycles. The molecule has 0 aliphatic carbocycles. The zero-order valence-corrected chi connectivity index (χ0v) is 16.6. The fourth-order valence-corrected chi connectivity index (χ4v) is 3.76. The highest BCUT2D eigenvalue weighted by Gasteiger charge is 2.16. The van der Waals surface area contributed by atoms with Crippen molar-refractivity contribution in [1.82, 2.24) is 15.2 Å². The molecule has 2 heterocycles. The Balaban J connectivity index is 1.71. The molecular formula is C22H17N5O2S. The van der Waals surface area contributed by atoms with Gasteiger partial charge in [0.2, 0.25) is 0 Å². The summed E-state index contributed by atoms with van der Waals surface area (Å²) in [5.74, 6) is 0.947. The van der Waals surface area contributed by atoms with E-state index in [2.05, 4.69) is 21.3 Å². The van der Waals surface area contributed by atoms with E-state index in [-0.39, 0.29) is 6.54 Å². The molecule has 1 atom stereocenters. The Morgan fingerprint density at radius 2 is 1.97 bits per heavy atom. The molecule has 2 aromatic carbocycles. The maximum atomic E-state index is 9.97. The molecule has 4 rings (SSSR count). The number of benzene rings is 2. The minimum absolute atomic E-state index is 0.114. The van der Waals surface area contributed by atoms with Crippen LogP contribution in [0.25, 0.3) is 21.8 Å². The van der Waals surface area contributed by atoms with E-state index in [1.165, 1.54) is 17.5 Å². The first kappa shape index (κ1) is 19.7. The third kappa shape index (κ3) is 4.18. The van der Waals surface area contributed by atoms with Crippen molar-refractivity contribution in [2.24, 2.45) is 5.73 Å². The minimum atomic E-state index is -0.767. The molecule has 2 aromatic heterocycles. The molecule has 148 valence electrons. The molecule has 7 nitrogen and oxygen atoms in total. The average molecular weight is 415 g/mol. The topological polar surface area (TPSA) is 118 Å². The summed E-state index contributed by atoms with van der Waals surface area (Å²) in [7, 11) is 0. The number of nitriles is 1. The highest BCUT2D eigenvalue weighted by molar-refractivity contribution is 7.15. The minimum Gasteiger partial charge on any atom is -0.455 e. The van der Waals surface area contributed by atoms with Crippen molar-refractivity contribution in [3.8, 4) is 39.4 Å². The van der Waals surface area contributed by atoms with Crippen LogP contribution in [0.2, 0.25) is 0 Å². The quantitative estimate of drug-likeness (QED) is 0.490. The van der Waals surface area contributed by atoms with Crippen LogP contribution in [0.1, 0.15) is 16.5 Å². The fraction of sp³-hybridized carbons (Fsp3) is 0.0909. The van der Waals surface area contributed by atoms with E-state index in [0.717, 1.165) is 5.56 Å². The molecule has 0 aliphatic rings. The zero-order valence-electron chi connectivity index (χ0n) is 15.8. The molecule has 4 aromatic rings. The number of aliphatic hydroxyl groups excluding tert-OH is 1. The smallest absolute Gasteiger partial charge is 0.149 e. The molecule has 3 N–H and O–H groups in total. The molecule has 30 heavy (non-hydrogen) atoms. The summed E-state index contributed by atoms with van der Waals surface area (Å²) in [6, 6.07) is 18.7. The molecule has 0 aliphatic heterocycles. The van der Waals surface area contributed by atoms with Crippen LogP contribution in [0.5, 0.6) is 11.5 Å². The second kappa shape index (κ2) is 8.80. The van der Waals surface area contributed by atoms with E-state index in [0.29, 0.717) is 38.2 Å². The molecule has 0 amide bonds. The number of rotatable bonds is 6. The molecule has 1 unspecified atom stereocenters. The first-order chi connectivity index (χ1) is 14.7. The molecule has 0 radical (unpaired) electrons. The van der Waals surface area contributed by atoms with Crippen LogP contribution in [0.4, 0.5) is 0 Å². The van der Waals surface area contributed by atoms with E-state index < -0.39 is 6.10 Å². The Bertz CT molecular complexity index is 1200. The lowest BCUT2D eigenvalue weighted by atomic mass is 10.1. The van der Waals surface area contributed by atoms with E-state index >= 15 is 0 Å². The lowest BCUT2D eigenvalue weighted by Crippen LogP contribution is -2.09. The molecule has 8 heteroatoms. The van der Waals surface area contributed by atoms with Crippen molar-refractivity contribution in [3.05, 3.63) is 77.4 Å². The average Bonchev–Trinajstić information content (AvgIpc) is 3.29. The van der Waals surface area contributed by atoms with Gasteiger partial charge in [0.05, 0.1) is 34.0 Å². The largest absolute Gasteiger partial charge is 0.455 e. The van der Waals surface area contributed by atoms with Crippen LogP contribution in [0, 0.1) is 11.3 Å². The molecular weight excluding hydrogens is 398 g/mol. The molecule has 0 saturated carbocycles. The summed E-state index contributed by atoms with van der Waals surface area (Å²) in [5, 5.41) is 28.1. The number of thiazole rings is 1. The van der Waals surface area contributed by atoms with Crippen molar-refractivity contribution in [2.75, 3.05) is 6.54 Å². The Morgan fingerprint density at radius 1 is 1.13 bits per heavy atom. The van der Waals surface area contributed by atoms with Crippen LogP contribution >= 0.6 is 11.3 Å². The SMILES string of the molecule is N#Cc1ccc(-c2ncc(C(O)CN)s2)c(Oc2cnnc(-c3ccccc3)c2)c1. The summed E-state index contributed by atoms with van der Waals surface area (Å²) < 4.78 is 6.09. The van der Waals surface area contributed by atoms with Crippen LogP contribution in [-0.2, 0) is 0 Å². The van der Waals surface area contributed by atoms with Gasteiger partial charge in [-0.15, -0.1) is 11.3 Å². The van der Waals surface area contributed by atoms with E-state index in [9.17, 15) is 10.4 Å². The number of ether oxygens (including phenoxy) is 1. The normalized spacial score (nSPS) is 11.6. The first-order valence-electron chi connectivity index (χ1n) is 9.12. The Labute approximate surface area is 177 Å². The van der Waals surface area contributed by atoms with E-state index in [1.807, 2.05) is 30.3 Å². The van der Waals surface area contributed by atoms with Gasteiger partial charge in [-0.3, -0.25) is 0 Å². The van der Waals surface area contributed by atoms with Crippen LogP contribution < -0.4 is 10.5 Å². The van der Waals surface area contributed by atoms with Crippen LogP contribution in [0.15, 0.2) is 67.0 Å². The van der Waals surface area contributed by atoms with Gasteiger partial charge >= 0.3 is 0 Å². The van der Waals surface area contributed by atoms with Crippen molar-refractivity contribution >= 4 is 11.3 Å². The Kier molecular flexibility index (Phi) is 5.77. The number of nitrogens with zero attached hydrogens (tertiary/aromatic N) is 4. The number of aliphatic hydroxyl groups is 1. The molecule has 0 spiro atoms. The standard InChI is InChI=1S/C22H17N5O2S/c23-10-14-6-7-17(22-25-13-21(30-22)19(28)11-24)20(8-14)29-16-9-18(27-26-12-16)15-4-2-1-3-5-15/h1-9,12-13,19,28H,11,24H2. The highest BCUT2D eigenvalue weighted by Crippen LogP contribution is 2.37. The number of hydrogen-bond donors (Lipinski definition) is 2. The van der Waals surface area contributed by atoms with Gasteiger partial charge in [0.15, 0.2) is 0 Å². The monoisotopic (exact) mass is 415 g/mol. The second-order valence-electron chi connectivity index (χ2n) is 6.39. The van der Waals surface area contributed by atoms with Gasteiger partial charge < -0.3 is 15.6 Å². The van der Waals surface area contributed by atoms with Crippen molar-refractivity contribution in [2.45, 2.75) is 6.10 Å². The third-order valence-corrected chi connectivity index (χ3v) is 5.48. The Morgan fingerprint density at radius 3 is 2.73 bits per heavy atom. The summed E-state index contributed by atoms with van der Waals surface area (Å²) in [5.41, 5.74) is 8.29. The lowest BCUT2D eigenvalue weighted by Gasteiger charge is -2.11. The molecule has 0 fully saturated rings. The van der Waals surface area contributed by atoms with E-state index in [4.69, 9.17) is 10.5 Å². The lowest BCUT2D eigenvalue weighted by molar-refractivity contribution is 0.190. The molecule has 0 bridgehead atoms. The predicted octanol–water partition coefficient (Wildman–Crippen LogP) is 3.92. The van der Waals surface area contributed by atoms with Gasteiger partial charge in [-0.25, -0.2) is 4.98 Å². The number of nitrogens with two attached hydrogens (primary N) is 1. The van der Waals surface area contributed by atoms with Gasteiger partial charge in [-0.1, -0.05) is 30.3 Å². The van der Waals surface area contributed by atoms with E-state index in [1.54, 1.807) is 30.5 Å². The summed E-state index contributed by atoms with van der Waals surface area (Å²) in [6.07, 6.45) is 2.35. The second-order valence-corrected chi connectivity index (χ2v) is 7.45. The van der Waals surface area contributed by atoms with Crippen molar-refractivity contribution < 1.29 is 9.84 Å². The van der Waals surface area contributed by atoms with Gasteiger partial charge in [-0.05, 0) is 18.2 Å².